The zero-order valence-electron chi connectivity index (χ0n) is 12.4. The summed E-state index contributed by atoms with van der Waals surface area (Å²) >= 11 is 1.66. The first kappa shape index (κ1) is 16.3. The van der Waals surface area contributed by atoms with Gasteiger partial charge in [-0.05, 0) is 30.5 Å². The topological polar surface area (TPSA) is 54.4 Å². The molecule has 0 aliphatic heterocycles. The Balaban J connectivity index is 2.12. The van der Waals surface area contributed by atoms with Crippen molar-refractivity contribution < 1.29 is 14.7 Å². The van der Waals surface area contributed by atoms with Crippen molar-refractivity contribution >= 4 is 23.5 Å². The molecule has 1 N–H and O–H groups in total. The van der Waals surface area contributed by atoms with Gasteiger partial charge < -0.3 is 5.11 Å². The molecule has 0 fully saturated rings. The normalized spacial score (nSPS) is 11.9. The average molecular weight is 314 g/mol. The second-order valence-electron chi connectivity index (χ2n) is 5.09. The Hall–Kier alpha value is -2.07. The number of carbonyl (C=O) groups excluding carboxylic acids is 1. The summed E-state index contributed by atoms with van der Waals surface area (Å²) in [6, 6.07) is 17.8. The van der Waals surface area contributed by atoms with E-state index in [-0.39, 0.29) is 12.2 Å². The molecule has 0 aliphatic carbocycles. The monoisotopic (exact) mass is 314 g/mol. The van der Waals surface area contributed by atoms with Gasteiger partial charge in [-0.2, -0.15) is 0 Å². The van der Waals surface area contributed by atoms with Crippen molar-refractivity contribution in [1.29, 1.82) is 0 Å². The summed E-state index contributed by atoms with van der Waals surface area (Å²) in [4.78, 5) is 23.7. The molecule has 0 amide bonds. The number of carboxylic acid groups (broad SMARTS) is 1. The molecular weight excluding hydrogens is 296 g/mol. The highest BCUT2D eigenvalue weighted by atomic mass is 32.2. The lowest BCUT2D eigenvalue weighted by Gasteiger charge is -2.13. The van der Waals surface area contributed by atoms with Gasteiger partial charge >= 0.3 is 5.97 Å². The summed E-state index contributed by atoms with van der Waals surface area (Å²) in [6.45, 7) is 1.33. The highest BCUT2D eigenvalue weighted by molar-refractivity contribution is 7.98. The van der Waals surface area contributed by atoms with Crippen molar-refractivity contribution in [3.8, 4) is 0 Å². The number of Topliss-reactive ketones (excluding diaryl/α,β-unsaturated/α-hetero) is 1. The summed E-state index contributed by atoms with van der Waals surface area (Å²) in [5.74, 6) is -1.53. The summed E-state index contributed by atoms with van der Waals surface area (Å²) in [5, 5.41) is 9.18. The van der Waals surface area contributed by atoms with E-state index in [1.165, 1.54) is 12.5 Å². The molecule has 0 radical (unpaired) electrons. The third-order valence-corrected chi connectivity index (χ3v) is 4.61. The third kappa shape index (κ3) is 4.46. The van der Waals surface area contributed by atoms with Crippen molar-refractivity contribution in [2.45, 2.75) is 24.0 Å². The van der Waals surface area contributed by atoms with Gasteiger partial charge in [0.05, 0.1) is 0 Å². The van der Waals surface area contributed by atoms with Crippen LogP contribution in [-0.4, -0.2) is 16.9 Å². The Labute approximate surface area is 134 Å². The van der Waals surface area contributed by atoms with Crippen molar-refractivity contribution in [3.63, 3.8) is 0 Å². The number of rotatable bonds is 7. The van der Waals surface area contributed by atoms with Crippen LogP contribution in [0.5, 0.6) is 0 Å². The van der Waals surface area contributed by atoms with Gasteiger partial charge in [-0.3, -0.25) is 9.59 Å². The lowest BCUT2D eigenvalue weighted by molar-refractivity contribution is -0.145. The lowest BCUT2D eigenvalue weighted by Crippen LogP contribution is -2.24. The molecule has 0 aliphatic rings. The van der Waals surface area contributed by atoms with Crippen LogP contribution in [-0.2, 0) is 21.8 Å². The van der Waals surface area contributed by atoms with Crippen LogP contribution in [0.4, 0.5) is 0 Å². The van der Waals surface area contributed by atoms with E-state index in [1.54, 1.807) is 11.8 Å². The Morgan fingerprint density at radius 3 is 2.32 bits per heavy atom. The molecule has 0 spiro atoms. The third-order valence-electron chi connectivity index (χ3n) is 3.42. The first-order chi connectivity index (χ1) is 10.6. The van der Waals surface area contributed by atoms with Crippen LogP contribution in [0.2, 0.25) is 0 Å². The van der Waals surface area contributed by atoms with Gasteiger partial charge in [0, 0.05) is 10.6 Å². The van der Waals surface area contributed by atoms with Crippen molar-refractivity contribution in [1.82, 2.24) is 0 Å². The summed E-state index contributed by atoms with van der Waals surface area (Å²) in [7, 11) is 0. The fraction of sp³-hybridized carbons (Fsp3) is 0.222. The van der Waals surface area contributed by atoms with E-state index < -0.39 is 11.9 Å². The van der Waals surface area contributed by atoms with E-state index in [4.69, 9.17) is 0 Å². The number of hydrogen-bond donors (Lipinski definition) is 1. The number of thioether (sulfide) groups is 1. The zero-order valence-corrected chi connectivity index (χ0v) is 13.2. The largest absolute Gasteiger partial charge is 0.481 e. The Morgan fingerprint density at radius 1 is 1.05 bits per heavy atom. The molecule has 0 saturated carbocycles. The maximum absolute atomic E-state index is 11.5. The zero-order chi connectivity index (χ0) is 15.9. The van der Waals surface area contributed by atoms with Gasteiger partial charge in [-0.15, -0.1) is 11.8 Å². The van der Waals surface area contributed by atoms with Crippen molar-refractivity contribution in [2.75, 3.05) is 0 Å². The van der Waals surface area contributed by atoms with E-state index >= 15 is 0 Å². The molecule has 0 bridgehead atoms. The standard InChI is InChI=1S/C18H18O3S/c1-13(19)16(18(20)21)11-15-9-5-6-10-17(15)22-12-14-7-3-2-4-8-14/h2-10,16H,11-12H2,1H3,(H,20,21). The fourth-order valence-electron chi connectivity index (χ4n) is 2.17. The van der Waals surface area contributed by atoms with Crippen molar-refractivity contribution in [2.24, 2.45) is 5.92 Å². The molecule has 2 rings (SSSR count). The minimum atomic E-state index is -1.06. The molecule has 1 unspecified atom stereocenters. The van der Waals surface area contributed by atoms with Crippen LogP contribution in [0.15, 0.2) is 59.5 Å². The molecule has 3 nitrogen and oxygen atoms in total. The fourth-order valence-corrected chi connectivity index (χ4v) is 3.20. The Bertz CT molecular complexity index is 638. The lowest BCUT2D eigenvalue weighted by atomic mass is 9.96. The molecule has 0 saturated heterocycles. The van der Waals surface area contributed by atoms with Gasteiger partial charge in [0.25, 0.3) is 0 Å². The summed E-state index contributed by atoms with van der Waals surface area (Å²) in [6.07, 6.45) is 0.239. The van der Waals surface area contributed by atoms with Crippen LogP contribution >= 0.6 is 11.8 Å². The van der Waals surface area contributed by atoms with Crippen LogP contribution in [0, 0.1) is 5.92 Å². The predicted octanol–water partition coefficient (Wildman–Crippen LogP) is 3.81. The van der Waals surface area contributed by atoms with Crippen molar-refractivity contribution in [3.05, 3.63) is 65.7 Å². The first-order valence-corrected chi connectivity index (χ1v) is 8.04. The Kier molecular flexibility index (Phi) is 5.78. The molecule has 4 heteroatoms. The highest BCUT2D eigenvalue weighted by Gasteiger charge is 2.23. The van der Waals surface area contributed by atoms with Crippen LogP contribution in [0.1, 0.15) is 18.1 Å². The number of ketones is 1. The van der Waals surface area contributed by atoms with E-state index in [1.807, 2.05) is 42.5 Å². The Morgan fingerprint density at radius 2 is 1.68 bits per heavy atom. The SMILES string of the molecule is CC(=O)C(Cc1ccccc1SCc1ccccc1)C(=O)O. The molecule has 22 heavy (non-hydrogen) atoms. The molecule has 2 aromatic rings. The maximum Gasteiger partial charge on any atom is 0.314 e. The summed E-state index contributed by atoms with van der Waals surface area (Å²) in [5.41, 5.74) is 2.12. The second kappa shape index (κ2) is 7.80. The second-order valence-corrected chi connectivity index (χ2v) is 6.10. The van der Waals surface area contributed by atoms with Crippen LogP contribution < -0.4 is 0 Å². The number of carboxylic acids is 1. The molecule has 0 heterocycles. The first-order valence-electron chi connectivity index (χ1n) is 7.06. The van der Waals surface area contributed by atoms with E-state index in [0.29, 0.717) is 0 Å². The van der Waals surface area contributed by atoms with E-state index in [2.05, 4.69) is 12.1 Å². The van der Waals surface area contributed by atoms with Crippen LogP contribution in [0.25, 0.3) is 0 Å². The number of aliphatic carboxylic acids is 1. The quantitative estimate of drug-likeness (QED) is 0.623. The molecule has 0 aromatic heterocycles. The maximum atomic E-state index is 11.5. The van der Waals surface area contributed by atoms with Gasteiger partial charge in [-0.1, -0.05) is 48.5 Å². The van der Waals surface area contributed by atoms with Gasteiger partial charge in [-0.25, -0.2) is 0 Å². The molecule has 2 aromatic carbocycles. The minimum Gasteiger partial charge on any atom is -0.481 e. The number of carbonyl (C=O) groups is 2. The van der Waals surface area contributed by atoms with E-state index in [0.717, 1.165) is 16.2 Å². The van der Waals surface area contributed by atoms with Gasteiger partial charge in [0.2, 0.25) is 0 Å². The summed E-state index contributed by atoms with van der Waals surface area (Å²) < 4.78 is 0. The average Bonchev–Trinajstić information content (AvgIpc) is 2.52. The highest BCUT2D eigenvalue weighted by Crippen LogP contribution is 2.28. The minimum absolute atomic E-state index is 0.239. The number of hydrogen-bond acceptors (Lipinski definition) is 3. The van der Waals surface area contributed by atoms with Crippen LogP contribution in [0.3, 0.4) is 0 Å². The predicted molar refractivity (Wildman–Crippen MR) is 88.0 cm³/mol. The van der Waals surface area contributed by atoms with Gasteiger partial charge in [0.1, 0.15) is 11.7 Å². The van der Waals surface area contributed by atoms with E-state index in [9.17, 15) is 14.7 Å². The number of benzene rings is 2. The molecule has 114 valence electrons. The smallest absolute Gasteiger partial charge is 0.314 e. The van der Waals surface area contributed by atoms with Gasteiger partial charge in [0.15, 0.2) is 0 Å². The molecule has 1 atom stereocenters. The molecular formula is C18H18O3S.